The highest BCUT2D eigenvalue weighted by Gasteiger charge is 2.32. The molecular formula is C10H14N2O3S. The first-order valence-electron chi connectivity index (χ1n) is 4.82. The maximum Gasteiger partial charge on any atom is 0.329 e. The summed E-state index contributed by atoms with van der Waals surface area (Å²) in [4.78, 5) is 22.5. The number of carboxylic acids is 1. The third kappa shape index (κ3) is 2.96. The molecule has 0 aliphatic heterocycles. The van der Waals surface area contributed by atoms with Crippen molar-refractivity contribution in [3.05, 3.63) is 16.8 Å². The zero-order chi connectivity index (χ0) is 12.2. The molecule has 0 aliphatic carbocycles. The second kappa shape index (κ2) is 4.98. The summed E-state index contributed by atoms with van der Waals surface area (Å²) in [6.07, 6.45) is 0.319. The van der Waals surface area contributed by atoms with E-state index in [1.54, 1.807) is 18.4 Å². The summed E-state index contributed by atoms with van der Waals surface area (Å²) in [5.41, 5.74) is -0.577. The highest BCUT2D eigenvalue weighted by Crippen LogP contribution is 2.13. The van der Waals surface area contributed by atoms with Crippen LogP contribution in [0.3, 0.4) is 0 Å². The summed E-state index contributed by atoms with van der Waals surface area (Å²) in [6.45, 7) is 3.18. The van der Waals surface area contributed by atoms with Gasteiger partial charge in [-0.3, -0.25) is 0 Å². The Balaban J connectivity index is 2.60. The minimum absolute atomic E-state index is 0.319. The number of hydrogen-bond donors (Lipinski definition) is 3. The maximum atomic E-state index is 11.5. The lowest BCUT2D eigenvalue weighted by Crippen LogP contribution is -2.53. The van der Waals surface area contributed by atoms with E-state index in [2.05, 4.69) is 10.6 Å². The predicted molar refractivity (Wildman–Crippen MR) is 62.8 cm³/mol. The normalized spacial score (nSPS) is 13.9. The molecule has 0 aliphatic rings. The molecule has 1 aromatic heterocycles. The lowest BCUT2D eigenvalue weighted by Gasteiger charge is -2.24. The average molecular weight is 242 g/mol. The van der Waals surface area contributed by atoms with Gasteiger partial charge in [-0.15, -0.1) is 0 Å². The van der Waals surface area contributed by atoms with Crippen molar-refractivity contribution < 1.29 is 14.7 Å². The van der Waals surface area contributed by atoms with Crippen molar-refractivity contribution in [1.29, 1.82) is 0 Å². The minimum Gasteiger partial charge on any atom is -0.480 e. The quantitative estimate of drug-likeness (QED) is 0.756. The second-order valence-corrected chi connectivity index (χ2v) is 4.36. The van der Waals surface area contributed by atoms with Crippen molar-refractivity contribution in [3.8, 4) is 0 Å². The van der Waals surface area contributed by atoms with E-state index in [9.17, 15) is 9.59 Å². The number of carboxylic acid groups (broad SMARTS) is 1. The van der Waals surface area contributed by atoms with Gasteiger partial charge in [-0.2, -0.15) is 11.3 Å². The molecule has 0 saturated carbocycles. The monoisotopic (exact) mass is 242 g/mol. The number of urea groups is 1. The van der Waals surface area contributed by atoms with E-state index in [0.29, 0.717) is 12.1 Å². The number of rotatable bonds is 4. The average Bonchev–Trinajstić information content (AvgIpc) is 2.69. The Morgan fingerprint density at radius 1 is 1.56 bits per heavy atom. The summed E-state index contributed by atoms with van der Waals surface area (Å²) in [7, 11) is 0. The van der Waals surface area contributed by atoms with Crippen LogP contribution in [0.25, 0.3) is 0 Å². The molecular weight excluding hydrogens is 228 g/mol. The van der Waals surface area contributed by atoms with Gasteiger partial charge in [0.15, 0.2) is 0 Å². The smallest absolute Gasteiger partial charge is 0.329 e. The fourth-order valence-electron chi connectivity index (χ4n) is 1.04. The second-order valence-electron chi connectivity index (χ2n) is 3.58. The van der Waals surface area contributed by atoms with Crippen molar-refractivity contribution >= 4 is 29.0 Å². The van der Waals surface area contributed by atoms with Crippen molar-refractivity contribution in [3.63, 3.8) is 0 Å². The van der Waals surface area contributed by atoms with Gasteiger partial charge in [0.1, 0.15) is 5.54 Å². The number of anilines is 1. The van der Waals surface area contributed by atoms with Gasteiger partial charge >= 0.3 is 12.0 Å². The highest BCUT2D eigenvalue weighted by molar-refractivity contribution is 7.08. The third-order valence-electron chi connectivity index (χ3n) is 2.35. The summed E-state index contributed by atoms with van der Waals surface area (Å²) < 4.78 is 0. The Morgan fingerprint density at radius 2 is 2.25 bits per heavy atom. The summed E-state index contributed by atoms with van der Waals surface area (Å²) in [6, 6.07) is 1.24. The molecule has 1 unspecified atom stereocenters. The number of carbonyl (C=O) groups is 2. The molecule has 0 saturated heterocycles. The van der Waals surface area contributed by atoms with Crippen LogP contribution in [-0.2, 0) is 4.79 Å². The SMILES string of the molecule is CCC(C)(NC(=O)Nc1ccsc1)C(=O)O. The Morgan fingerprint density at radius 3 is 2.69 bits per heavy atom. The number of nitrogens with one attached hydrogen (secondary N) is 2. The summed E-state index contributed by atoms with van der Waals surface area (Å²) in [5, 5.41) is 17.6. The molecule has 5 nitrogen and oxygen atoms in total. The van der Waals surface area contributed by atoms with E-state index in [0.717, 1.165) is 0 Å². The van der Waals surface area contributed by atoms with Gasteiger partial charge in [0, 0.05) is 5.38 Å². The van der Waals surface area contributed by atoms with Crippen molar-refractivity contribution in [2.24, 2.45) is 0 Å². The third-order valence-corrected chi connectivity index (χ3v) is 3.03. The van der Waals surface area contributed by atoms with Gasteiger partial charge in [-0.25, -0.2) is 9.59 Å². The Bertz CT molecular complexity index is 377. The van der Waals surface area contributed by atoms with Crippen LogP contribution < -0.4 is 10.6 Å². The van der Waals surface area contributed by atoms with Crippen LogP contribution in [0, 0.1) is 0 Å². The molecule has 1 rings (SSSR count). The van der Waals surface area contributed by atoms with Crippen LogP contribution in [0.2, 0.25) is 0 Å². The van der Waals surface area contributed by atoms with E-state index < -0.39 is 17.5 Å². The molecule has 0 bridgehead atoms. The molecule has 88 valence electrons. The van der Waals surface area contributed by atoms with Gasteiger partial charge in [-0.1, -0.05) is 6.92 Å². The number of hydrogen-bond acceptors (Lipinski definition) is 3. The van der Waals surface area contributed by atoms with Crippen LogP contribution >= 0.6 is 11.3 Å². The molecule has 0 spiro atoms. The summed E-state index contributed by atoms with van der Waals surface area (Å²) in [5.74, 6) is -1.05. The fourth-order valence-corrected chi connectivity index (χ4v) is 1.63. The topological polar surface area (TPSA) is 78.4 Å². The Kier molecular flexibility index (Phi) is 3.89. The van der Waals surface area contributed by atoms with E-state index >= 15 is 0 Å². The number of thiophene rings is 1. The highest BCUT2D eigenvalue weighted by atomic mass is 32.1. The zero-order valence-electron chi connectivity index (χ0n) is 9.11. The van der Waals surface area contributed by atoms with E-state index in [1.165, 1.54) is 18.3 Å². The standard InChI is InChI=1S/C10H14N2O3S/c1-3-10(2,8(13)14)12-9(15)11-7-4-5-16-6-7/h4-6H,3H2,1-2H3,(H,13,14)(H2,11,12,15). The molecule has 1 aromatic rings. The van der Waals surface area contributed by atoms with Gasteiger partial charge in [-0.05, 0) is 24.8 Å². The number of carbonyl (C=O) groups excluding carboxylic acids is 1. The van der Waals surface area contributed by atoms with Gasteiger partial charge in [0.2, 0.25) is 0 Å². The molecule has 2 amide bonds. The predicted octanol–water partition coefficient (Wildman–Crippen LogP) is 2.12. The lowest BCUT2D eigenvalue weighted by molar-refractivity contribution is -0.143. The maximum absolute atomic E-state index is 11.5. The van der Waals surface area contributed by atoms with Gasteiger partial charge < -0.3 is 15.7 Å². The van der Waals surface area contributed by atoms with Crippen LogP contribution in [-0.4, -0.2) is 22.6 Å². The molecule has 0 radical (unpaired) electrons. The zero-order valence-corrected chi connectivity index (χ0v) is 9.93. The van der Waals surface area contributed by atoms with Crippen LogP contribution in [0.4, 0.5) is 10.5 Å². The number of amides is 2. The van der Waals surface area contributed by atoms with E-state index in [1.807, 2.05) is 5.38 Å². The molecule has 6 heteroatoms. The fraction of sp³-hybridized carbons (Fsp3) is 0.400. The van der Waals surface area contributed by atoms with Crippen LogP contribution in [0.15, 0.2) is 16.8 Å². The van der Waals surface area contributed by atoms with Crippen LogP contribution in [0.5, 0.6) is 0 Å². The molecule has 3 N–H and O–H groups in total. The molecule has 1 heterocycles. The molecule has 16 heavy (non-hydrogen) atoms. The summed E-state index contributed by atoms with van der Waals surface area (Å²) >= 11 is 1.45. The number of aliphatic carboxylic acids is 1. The molecule has 0 fully saturated rings. The molecule has 1 atom stereocenters. The molecule has 0 aromatic carbocycles. The van der Waals surface area contributed by atoms with Gasteiger partial charge in [0.25, 0.3) is 0 Å². The first kappa shape index (κ1) is 12.5. The van der Waals surface area contributed by atoms with Crippen molar-refractivity contribution in [2.45, 2.75) is 25.8 Å². The largest absolute Gasteiger partial charge is 0.480 e. The minimum atomic E-state index is -1.24. The Labute approximate surface area is 97.5 Å². The lowest BCUT2D eigenvalue weighted by atomic mass is 10.00. The van der Waals surface area contributed by atoms with E-state index in [-0.39, 0.29) is 0 Å². The first-order chi connectivity index (χ1) is 7.48. The Hall–Kier alpha value is -1.56. The van der Waals surface area contributed by atoms with Crippen molar-refractivity contribution in [2.75, 3.05) is 5.32 Å². The first-order valence-corrected chi connectivity index (χ1v) is 5.77. The van der Waals surface area contributed by atoms with Crippen LogP contribution in [0.1, 0.15) is 20.3 Å². The van der Waals surface area contributed by atoms with Crippen molar-refractivity contribution in [1.82, 2.24) is 5.32 Å². The van der Waals surface area contributed by atoms with E-state index in [4.69, 9.17) is 5.11 Å². The van der Waals surface area contributed by atoms with Gasteiger partial charge in [0.05, 0.1) is 5.69 Å².